The molecule has 11 aromatic rings. The van der Waals surface area contributed by atoms with Crippen molar-refractivity contribution in [2.45, 2.75) is 0 Å². The molecule has 0 radical (unpaired) electrons. The standard InChI is InChI=1S/C51H31N3O2/c1-4-11-32(12-5-1)37-24-27-43-44-18-10-17-40(48(44)56-47(43)30-37)39-25-28-42-41-26-23-38(29-45(41)55-46(42)31-39)33-19-21-36(22-20-33)51-53-49(34-13-6-2-7-14-34)52-50(54-51)35-15-8-3-9-16-35/h1-31H. The fourth-order valence-electron chi connectivity index (χ4n) is 7.71. The number of furan rings is 2. The zero-order valence-corrected chi connectivity index (χ0v) is 30.1. The number of hydrogen-bond acceptors (Lipinski definition) is 5. The van der Waals surface area contributed by atoms with Crippen molar-refractivity contribution in [1.82, 2.24) is 15.0 Å². The summed E-state index contributed by atoms with van der Waals surface area (Å²) in [4.78, 5) is 14.6. The van der Waals surface area contributed by atoms with E-state index in [1.54, 1.807) is 0 Å². The van der Waals surface area contributed by atoms with E-state index in [4.69, 9.17) is 23.8 Å². The van der Waals surface area contributed by atoms with Gasteiger partial charge < -0.3 is 8.83 Å². The van der Waals surface area contributed by atoms with Crippen LogP contribution in [0.15, 0.2) is 197 Å². The number of para-hydroxylation sites is 1. The topological polar surface area (TPSA) is 65.0 Å². The molecule has 8 aromatic carbocycles. The largest absolute Gasteiger partial charge is 0.456 e. The molecule has 0 saturated heterocycles. The highest BCUT2D eigenvalue weighted by molar-refractivity contribution is 6.12. The average molecular weight is 718 g/mol. The number of nitrogens with zero attached hydrogens (tertiary/aromatic N) is 3. The Morgan fingerprint density at radius 3 is 1.21 bits per heavy atom. The lowest BCUT2D eigenvalue weighted by atomic mass is 9.99. The van der Waals surface area contributed by atoms with E-state index in [0.29, 0.717) is 17.5 Å². The number of aromatic nitrogens is 3. The molecule has 3 heterocycles. The van der Waals surface area contributed by atoms with Crippen LogP contribution < -0.4 is 0 Å². The second-order valence-electron chi connectivity index (χ2n) is 14.0. The SMILES string of the molecule is c1ccc(-c2ccc3c(c2)oc2c(-c4ccc5c(c4)oc4cc(-c6ccc(-c7nc(-c8ccccc8)nc(-c8ccccc8)n7)cc6)ccc45)cccc23)cc1. The first-order chi connectivity index (χ1) is 27.7. The monoisotopic (exact) mass is 717 g/mol. The molecule has 5 heteroatoms. The van der Waals surface area contributed by atoms with Gasteiger partial charge in [-0.1, -0.05) is 152 Å². The summed E-state index contributed by atoms with van der Waals surface area (Å²) in [6.45, 7) is 0. The minimum absolute atomic E-state index is 0.628. The van der Waals surface area contributed by atoms with E-state index in [1.807, 2.05) is 66.7 Å². The van der Waals surface area contributed by atoms with Crippen LogP contribution >= 0.6 is 0 Å². The highest BCUT2D eigenvalue weighted by Crippen LogP contribution is 2.40. The Morgan fingerprint density at radius 2 is 0.661 bits per heavy atom. The maximum Gasteiger partial charge on any atom is 0.164 e. The molecular formula is C51H31N3O2. The summed E-state index contributed by atoms with van der Waals surface area (Å²) >= 11 is 0. The minimum Gasteiger partial charge on any atom is -0.456 e. The molecule has 0 unspecified atom stereocenters. The van der Waals surface area contributed by atoms with E-state index in [9.17, 15) is 0 Å². The number of benzene rings is 8. The molecule has 262 valence electrons. The van der Waals surface area contributed by atoms with Crippen molar-refractivity contribution in [3.8, 4) is 67.5 Å². The van der Waals surface area contributed by atoms with Crippen LogP contribution in [0.1, 0.15) is 0 Å². The Balaban J connectivity index is 0.927. The van der Waals surface area contributed by atoms with Crippen LogP contribution in [0.25, 0.3) is 111 Å². The fraction of sp³-hybridized carbons (Fsp3) is 0. The van der Waals surface area contributed by atoms with Gasteiger partial charge in [-0.15, -0.1) is 0 Å². The Kier molecular flexibility index (Phi) is 7.42. The molecule has 11 rings (SSSR count). The molecule has 0 fully saturated rings. The van der Waals surface area contributed by atoms with E-state index in [0.717, 1.165) is 88.4 Å². The number of rotatable bonds is 6. The first-order valence-electron chi connectivity index (χ1n) is 18.7. The van der Waals surface area contributed by atoms with Gasteiger partial charge in [0.05, 0.1) is 0 Å². The minimum atomic E-state index is 0.628. The van der Waals surface area contributed by atoms with Crippen molar-refractivity contribution in [3.63, 3.8) is 0 Å². The van der Waals surface area contributed by atoms with Gasteiger partial charge in [-0.3, -0.25) is 0 Å². The molecule has 0 spiro atoms. The molecule has 0 atom stereocenters. The smallest absolute Gasteiger partial charge is 0.164 e. The highest BCUT2D eigenvalue weighted by Gasteiger charge is 2.17. The van der Waals surface area contributed by atoms with E-state index in [1.165, 1.54) is 5.56 Å². The Bertz CT molecular complexity index is 3170. The summed E-state index contributed by atoms with van der Waals surface area (Å²) in [6, 6.07) is 64.5. The van der Waals surface area contributed by atoms with Crippen LogP contribution in [0, 0.1) is 0 Å². The second kappa shape index (κ2) is 13.0. The van der Waals surface area contributed by atoms with Gasteiger partial charge in [0.2, 0.25) is 0 Å². The lowest BCUT2D eigenvalue weighted by Crippen LogP contribution is -2.00. The molecule has 0 aliphatic rings. The van der Waals surface area contributed by atoms with Gasteiger partial charge in [-0.05, 0) is 64.2 Å². The Morgan fingerprint density at radius 1 is 0.268 bits per heavy atom. The zero-order valence-electron chi connectivity index (χ0n) is 30.1. The van der Waals surface area contributed by atoms with E-state index >= 15 is 0 Å². The summed E-state index contributed by atoms with van der Waals surface area (Å²) < 4.78 is 13.1. The van der Waals surface area contributed by atoms with Crippen molar-refractivity contribution in [1.29, 1.82) is 0 Å². The van der Waals surface area contributed by atoms with Crippen molar-refractivity contribution in [3.05, 3.63) is 188 Å². The third-order valence-corrected chi connectivity index (χ3v) is 10.6. The van der Waals surface area contributed by atoms with Gasteiger partial charge in [0.25, 0.3) is 0 Å². The second-order valence-corrected chi connectivity index (χ2v) is 14.0. The van der Waals surface area contributed by atoms with Crippen molar-refractivity contribution >= 4 is 43.9 Å². The van der Waals surface area contributed by atoms with E-state index in [-0.39, 0.29) is 0 Å². The maximum absolute atomic E-state index is 6.58. The van der Waals surface area contributed by atoms with Crippen LogP contribution in [-0.2, 0) is 0 Å². The molecule has 0 aliphatic carbocycles. The predicted molar refractivity (Wildman–Crippen MR) is 227 cm³/mol. The van der Waals surface area contributed by atoms with Crippen LogP contribution in [0.4, 0.5) is 0 Å². The zero-order chi connectivity index (χ0) is 37.0. The van der Waals surface area contributed by atoms with Crippen LogP contribution in [0.2, 0.25) is 0 Å². The molecule has 5 nitrogen and oxygen atoms in total. The molecule has 0 amide bonds. The van der Waals surface area contributed by atoms with Gasteiger partial charge in [-0.25, -0.2) is 15.0 Å². The summed E-state index contributed by atoms with van der Waals surface area (Å²) in [5.74, 6) is 1.91. The summed E-state index contributed by atoms with van der Waals surface area (Å²) in [5, 5.41) is 4.36. The Hall–Kier alpha value is -7.63. The Labute approximate surface area is 322 Å². The normalized spacial score (nSPS) is 11.6. The average Bonchev–Trinajstić information content (AvgIpc) is 3.84. The van der Waals surface area contributed by atoms with E-state index < -0.39 is 0 Å². The van der Waals surface area contributed by atoms with Gasteiger partial charge in [0.15, 0.2) is 17.5 Å². The van der Waals surface area contributed by atoms with Gasteiger partial charge in [0, 0.05) is 43.8 Å². The van der Waals surface area contributed by atoms with Gasteiger partial charge >= 0.3 is 0 Å². The third kappa shape index (κ3) is 5.53. The first kappa shape index (κ1) is 31.9. The first-order valence-corrected chi connectivity index (χ1v) is 18.7. The summed E-state index contributed by atoms with van der Waals surface area (Å²) in [7, 11) is 0. The highest BCUT2D eigenvalue weighted by atomic mass is 16.3. The molecule has 56 heavy (non-hydrogen) atoms. The molecule has 0 N–H and O–H groups in total. The number of fused-ring (bicyclic) bond motifs is 6. The summed E-state index contributed by atoms with van der Waals surface area (Å²) in [5.41, 5.74) is 12.8. The molecule has 0 saturated carbocycles. The van der Waals surface area contributed by atoms with Crippen LogP contribution in [-0.4, -0.2) is 15.0 Å². The van der Waals surface area contributed by atoms with Crippen molar-refractivity contribution in [2.75, 3.05) is 0 Å². The third-order valence-electron chi connectivity index (χ3n) is 10.6. The van der Waals surface area contributed by atoms with Crippen LogP contribution in [0.3, 0.4) is 0 Å². The van der Waals surface area contributed by atoms with Crippen molar-refractivity contribution in [2.24, 2.45) is 0 Å². The molecule has 0 bridgehead atoms. The van der Waals surface area contributed by atoms with Crippen LogP contribution in [0.5, 0.6) is 0 Å². The predicted octanol–water partition coefficient (Wildman–Crippen LogP) is 13.7. The fourth-order valence-corrected chi connectivity index (χ4v) is 7.71. The van der Waals surface area contributed by atoms with Gasteiger partial charge in [-0.2, -0.15) is 0 Å². The molecular weight excluding hydrogens is 687 g/mol. The molecule has 0 aliphatic heterocycles. The lowest BCUT2D eigenvalue weighted by molar-refractivity contribution is 0.668. The number of hydrogen-bond donors (Lipinski definition) is 0. The quantitative estimate of drug-likeness (QED) is 0.171. The van der Waals surface area contributed by atoms with Crippen molar-refractivity contribution < 1.29 is 8.83 Å². The lowest BCUT2D eigenvalue weighted by Gasteiger charge is -2.09. The molecule has 3 aromatic heterocycles. The van der Waals surface area contributed by atoms with E-state index in [2.05, 4.69) is 121 Å². The maximum atomic E-state index is 6.58. The van der Waals surface area contributed by atoms with Gasteiger partial charge in [0.1, 0.15) is 22.3 Å². The summed E-state index contributed by atoms with van der Waals surface area (Å²) in [6.07, 6.45) is 0.